The van der Waals surface area contributed by atoms with Crippen LogP contribution in [-0.4, -0.2) is 81.0 Å². The van der Waals surface area contributed by atoms with Crippen LogP contribution < -0.4 is 0 Å². The molecule has 2 aromatic heterocycles. The second-order valence-corrected chi connectivity index (χ2v) is 9.62. The fourth-order valence-corrected chi connectivity index (χ4v) is 6.06. The van der Waals surface area contributed by atoms with Gasteiger partial charge in [0.1, 0.15) is 0 Å². The minimum absolute atomic E-state index is 0.0251. The van der Waals surface area contributed by atoms with Crippen molar-refractivity contribution < 1.29 is 8.42 Å². The molecule has 4 heterocycles. The molecular weight excluding hydrogens is 340 g/mol. The lowest BCUT2D eigenvalue weighted by molar-refractivity contribution is 0.0323. The zero-order valence-electron chi connectivity index (χ0n) is 14.6. The summed E-state index contributed by atoms with van der Waals surface area (Å²) in [5.41, 5.74) is 0. The van der Waals surface area contributed by atoms with Gasteiger partial charge in [0.25, 0.3) is 5.78 Å². The van der Waals surface area contributed by atoms with Crippen LogP contribution in [0.15, 0.2) is 18.5 Å². The SMILES string of the molecule is CC(C)CN1CCN(Cc2nc3ncccn3n2)[C@H]2CS(=O)(=O)C[C@H]21. The molecule has 136 valence electrons. The first-order valence-electron chi connectivity index (χ1n) is 8.76. The van der Waals surface area contributed by atoms with Gasteiger partial charge in [-0.2, -0.15) is 4.98 Å². The second kappa shape index (κ2) is 6.30. The molecule has 2 saturated heterocycles. The van der Waals surface area contributed by atoms with Crippen LogP contribution in [0.2, 0.25) is 0 Å². The van der Waals surface area contributed by atoms with E-state index in [-0.39, 0.29) is 23.6 Å². The van der Waals surface area contributed by atoms with E-state index in [1.807, 2.05) is 12.3 Å². The van der Waals surface area contributed by atoms with Crippen molar-refractivity contribution in [1.29, 1.82) is 0 Å². The molecule has 2 atom stereocenters. The van der Waals surface area contributed by atoms with Gasteiger partial charge in [-0.1, -0.05) is 13.8 Å². The van der Waals surface area contributed by atoms with Crippen molar-refractivity contribution in [1.82, 2.24) is 29.4 Å². The van der Waals surface area contributed by atoms with Crippen molar-refractivity contribution in [3.8, 4) is 0 Å². The average molecular weight is 364 g/mol. The van der Waals surface area contributed by atoms with Crippen LogP contribution in [0.5, 0.6) is 0 Å². The number of piperazine rings is 1. The van der Waals surface area contributed by atoms with Crippen LogP contribution in [0.4, 0.5) is 0 Å². The number of hydrogen-bond acceptors (Lipinski definition) is 7. The molecule has 0 bridgehead atoms. The van der Waals surface area contributed by atoms with Crippen LogP contribution in [0.1, 0.15) is 19.7 Å². The second-order valence-electron chi connectivity index (χ2n) is 7.46. The van der Waals surface area contributed by atoms with Crippen LogP contribution in [-0.2, 0) is 16.4 Å². The molecule has 9 heteroatoms. The summed E-state index contributed by atoms with van der Waals surface area (Å²) in [6.07, 6.45) is 3.51. The van der Waals surface area contributed by atoms with Gasteiger partial charge < -0.3 is 0 Å². The van der Waals surface area contributed by atoms with Gasteiger partial charge in [-0.3, -0.25) is 9.80 Å². The third-order valence-electron chi connectivity index (χ3n) is 5.01. The topological polar surface area (TPSA) is 83.7 Å². The summed E-state index contributed by atoms with van der Waals surface area (Å²) in [6.45, 7) is 7.60. The molecule has 2 aliphatic heterocycles. The molecule has 2 aliphatic rings. The van der Waals surface area contributed by atoms with E-state index in [9.17, 15) is 8.42 Å². The van der Waals surface area contributed by atoms with Gasteiger partial charge in [-0.25, -0.2) is 17.9 Å². The quantitative estimate of drug-likeness (QED) is 0.759. The molecule has 0 amide bonds. The lowest BCUT2D eigenvalue weighted by Crippen LogP contribution is -2.59. The van der Waals surface area contributed by atoms with Crippen molar-refractivity contribution in [2.45, 2.75) is 32.5 Å². The minimum Gasteiger partial charge on any atom is -0.296 e. The Kier molecular flexibility index (Phi) is 4.25. The lowest BCUT2D eigenvalue weighted by atomic mass is 10.0. The molecule has 0 aromatic carbocycles. The van der Waals surface area contributed by atoms with Crippen molar-refractivity contribution in [2.24, 2.45) is 5.92 Å². The summed E-state index contributed by atoms with van der Waals surface area (Å²) in [4.78, 5) is 13.2. The Morgan fingerprint density at radius 2 is 1.92 bits per heavy atom. The fourth-order valence-electron chi connectivity index (χ4n) is 4.01. The van der Waals surface area contributed by atoms with Gasteiger partial charge in [0.05, 0.1) is 18.1 Å². The first kappa shape index (κ1) is 16.9. The van der Waals surface area contributed by atoms with Crippen LogP contribution >= 0.6 is 0 Å². The summed E-state index contributed by atoms with van der Waals surface area (Å²) < 4.78 is 26.2. The van der Waals surface area contributed by atoms with Crippen LogP contribution in [0, 0.1) is 5.92 Å². The predicted octanol–water partition coefficient (Wildman–Crippen LogP) is 0.0635. The average Bonchev–Trinajstić information content (AvgIpc) is 3.08. The summed E-state index contributed by atoms with van der Waals surface area (Å²) in [5.74, 6) is 2.30. The molecule has 0 aliphatic carbocycles. The highest BCUT2D eigenvalue weighted by Gasteiger charge is 2.46. The maximum absolute atomic E-state index is 12.3. The number of fused-ring (bicyclic) bond motifs is 2. The zero-order chi connectivity index (χ0) is 17.6. The van der Waals surface area contributed by atoms with Gasteiger partial charge in [-0.15, -0.1) is 5.10 Å². The Labute approximate surface area is 147 Å². The number of rotatable bonds is 4. The fraction of sp³-hybridized carbons (Fsp3) is 0.688. The summed E-state index contributed by atoms with van der Waals surface area (Å²) in [6, 6.07) is 1.92. The molecular formula is C16H24N6O2S. The molecule has 25 heavy (non-hydrogen) atoms. The Hall–Kier alpha value is -1.58. The number of hydrogen-bond donors (Lipinski definition) is 0. The first-order chi connectivity index (χ1) is 11.9. The molecule has 0 saturated carbocycles. The number of sulfone groups is 1. The highest BCUT2D eigenvalue weighted by atomic mass is 32.2. The third kappa shape index (κ3) is 3.40. The first-order valence-corrected chi connectivity index (χ1v) is 10.6. The highest BCUT2D eigenvalue weighted by Crippen LogP contribution is 2.28. The highest BCUT2D eigenvalue weighted by molar-refractivity contribution is 7.91. The van der Waals surface area contributed by atoms with Gasteiger partial charge in [0, 0.05) is 44.1 Å². The van der Waals surface area contributed by atoms with Crippen LogP contribution in [0.3, 0.4) is 0 Å². The molecule has 0 spiro atoms. The monoisotopic (exact) mass is 364 g/mol. The Balaban J connectivity index is 1.56. The molecule has 4 rings (SSSR count). The van der Waals surface area contributed by atoms with E-state index < -0.39 is 9.84 Å². The van der Waals surface area contributed by atoms with Crippen LogP contribution in [0.25, 0.3) is 5.78 Å². The Morgan fingerprint density at radius 1 is 1.20 bits per heavy atom. The molecule has 0 radical (unpaired) electrons. The van der Waals surface area contributed by atoms with E-state index in [2.05, 4.69) is 38.7 Å². The van der Waals surface area contributed by atoms with E-state index in [1.54, 1.807) is 10.7 Å². The van der Waals surface area contributed by atoms with E-state index in [0.29, 0.717) is 24.1 Å². The number of nitrogens with zero attached hydrogens (tertiary/aromatic N) is 6. The van der Waals surface area contributed by atoms with Gasteiger partial charge >= 0.3 is 0 Å². The van der Waals surface area contributed by atoms with Gasteiger partial charge in [0.2, 0.25) is 0 Å². The minimum atomic E-state index is -2.99. The van der Waals surface area contributed by atoms with Gasteiger partial charge in [-0.05, 0) is 12.0 Å². The lowest BCUT2D eigenvalue weighted by Gasteiger charge is -2.44. The van der Waals surface area contributed by atoms with E-state index in [1.165, 1.54) is 0 Å². The third-order valence-corrected chi connectivity index (χ3v) is 6.71. The number of aromatic nitrogens is 4. The Morgan fingerprint density at radius 3 is 2.64 bits per heavy atom. The Bertz CT molecular complexity index is 831. The summed E-state index contributed by atoms with van der Waals surface area (Å²) >= 11 is 0. The normalized spacial score (nSPS) is 27.2. The summed E-state index contributed by atoms with van der Waals surface area (Å²) in [5, 5.41) is 4.46. The molecule has 2 aromatic rings. The van der Waals surface area contributed by atoms with Crippen molar-refractivity contribution >= 4 is 15.6 Å². The van der Waals surface area contributed by atoms with E-state index in [4.69, 9.17) is 0 Å². The van der Waals surface area contributed by atoms with E-state index >= 15 is 0 Å². The molecule has 2 fully saturated rings. The maximum atomic E-state index is 12.3. The standard InChI is InChI=1S/C16H24N6O2S/c1-12(2)8-20-6-7-21(14-11-25(23,24)10-13(14)20)9-15-18-16-17-4-3-5-22(16)19-15/h3-5,12-14H,6-11H2,1-2H3/t13-,14+/m1/s1. The smallest absolute Gasteiger partial charge is 0.252 e. The van der Waals surface area contributed by atoms with Crippen molar-refractivity contribution in [3.05, 3.63) is 24.3 Å². The van der Waals surface area contributed by atoms with E-state index in [0.717, 1.165) is 19.6 Å². The maximum Gasteiger partial charge on any atom is 0.252 e. The molecule has 8 nitrogen and oxygen atoms in total. The zero-order valence-corrected chi connectivity index (χ0v) is 15.4. The van der Waals surface area contributed by atoms with Gasteiger partial charge in [0.15, 0.2) is 15.7 Å². The van der Waals surface area contributed by atoms with Crippen molar-refractivity contribution in [2.75, 3.05) is 31.1 Å². The predicted molar refractivity (Wildman–Crippen MR) is 93.8 cm³/mol. The molecule has 0 N–H and O–H groups in total. The van der Waals surface area contributed by atoms with Crippen molar-refractivity contribution in [3.63, 3.8) is 0 Å². The summed E-state index contributed by atoms with van der Waals surface area (Å²) in [7, 11) is -2.99. The molecule has 0 unspecified atom stereocenters. The largest absolute Gasteiger partial charge is 0.296 e.